The van der Waals surface area contributed by atoms with E-state index in [1.54, 1.807) is 35.1 Å². The van der Waals surface area contributed by atoms with Gasteiger partial charge in [0.1, 0.15) is 5.82 Å². The lowest BCUT2D eigenvalue weighted by atomic mass is 9.92. The van der Waals surface area contributed by atoms with Crippen LogP contribution in [0.25, 0.3) is 5.65 Å². The Morgan fingerprint density at radius 3 is 2.58 bits per heavy atom. The molecule has 31 heavy (non-hydrogen) atoms. The maximum Gasteiger partial charge on any atom is 0.243 e. The molecule has 0 bridgehead atoms. The molecule has 1 amide bonds. The molecule has 1 aromatic carbocycles. The van der Waals surface area contributed by atoms with Crippen molar-refractivity contribution in [1.29, 1.82) is 0 Å². The van der Waals surface area contributed by atoms with Gasteiger partial charge >= 0.3 is 0 Å². The Bertz CT molecular complexity index is 1230. The summed E-state index contributed by atoms with van der Waals surface area (Å²) in [4.78, 5) is 17.3. The van der Waals surface area contributed by atoms with Gasteiger partial charge in [0.05, 0.1) is 11.1 Å². The summed E-state index contributed by atoms with van der Waals surface area (Å²) in [6.07, 6.45) is 8.48. The Hall–Kier alpha value is -2.78. The predicted octanol–water partition coefficient (Wildman–Crippen LogP) is 2.65. The quantitative estimate of drug-likeness (QED) is 0.674. The summed E-state index contributed by atoms with van der Waals surface area (Å²) in [5.41, 5.74) is 3.08. The molecule has 2 aliphatic rings. The summed E-state index contributed by atoms with van der Waals surface area (Å²) in [6, 6.07) is 9.01. The number of nitrogens with one attached hydrogen (secondary N) is 1. The van der Waals surface area contributed by atoms with Gasteiger partial charge in [0, 0.05) is 31.3 Å². The van der Waals surface area contributed by atoms with Gasteiger partial charge in [-0.1, -0.05) is 6.07 Å². The second kappa shape index (κ2) is 8.05. The van der Waals surface area contributed by atoms with E-state index in [1.807, 2.05) is 12.1 Å². The average molecular weight is 440 g/mol. The van der Waals surface area contributed by atoms with E-state index in [1.165, 1.54) is 16.3 Å². The standard InChI is InChI=1S/C22H25N5O3S/c28-22(25-21-7-11-23-20-8-12-24-27(20)21)17-9-13-26(14-10-17)31(29,30)19-6-5-16-3-1-2-4-18(16)15-19/h5-8,11-12,15,17H,1-4,9-10,13-14H2,(H,25,28). The Balaban J connectivity index is 1.25. The maximum atomic E-state index is 13.2. The predicted molar refractivity (Wildman–Crippen MR) is 116 cm³/mol. The number of benzene rings is 1. The van der Waals surface area contributed by atoms with Crippen LogP contribution in [0.3, 0.4) is 0 Å². The molecule has 0 spiro atoms. The van der Waals surface area contributed by atoms with Gasteiger partial charge < -0.3 is 5.32 Å². The van der Waals surface area contributed by atoms with Crippen molar-refractivity contribution in [3.8, 4) is 0 Å². The zero-order valence-corrected chi connectivity index (χ0v) is 18.0. The van der Waals surface area contributed by atoms with E-state index in [-0.39, 0.29) is 11.8 Å². The van der Waals surface area contributed by atoms with Crippen LogP contribution in [-0.4, -0.2) is 46.3 Å². The van der Waals surface area contributed by atoms with Crippen LogP contribution < -0.4 is 5.32 Å². The number of aryl methyl sites for hydroxylation is 2. The van der Waals surface area contributed by atoms with E-state index in [9.17, 15) is 13.2 Å². The van der Waals surface area contributed by atoms with Crippen molar-refractivity contribution in [3.05, 3.63) is 53.9 Å². The lowest BCUT2D eigenvalue weighted by Gasteiger charge is -2.31. The lowest BCUT2D eigenvalue weighted by Crippen LogP contribution is -2.41. The fourth-order valence-electron chi connectivity index (χ4n) is 4.54. The highest BCUT2D eigenvalue weighted by Crippen LogP contribution is 2.28. The first-order valence-electron chi connectivity index (χ1n) is 10.7. The molecular weight excluding hydrogens is 414 g/mol. The largest absolute Gasteiger partial charge is 0.310 e. The first-order valence-corrected chi connectivity index (χ1v) is 12.2. The summed E-state index contributed by atoms with van der Waals surface area (Å²) in [7, 11) is -3.55. The maximum absolute atomic E-state index is 13.2. The van der Waals surface area contributed by atoms with Crippen LogP contribution in [0.4, 0.5) is 5.82 Å². The monoisotopic (exact) mass is 439 g/mol. The van der Waals surface area contributed by atoms with Crippen LogP contribution in [0.1, 0.15) is 36.8 Å². The SMILES string of the molecule is O=C(Nc1ccnc2ccnn12)C1CCN(S(=O)(=O)c2ccc3c(c2)CCCC3)CC1. The number of hydrogen-bond acceptors (Lipinski definition) is 5. The van der Waals surface area contributed by atoms with Gasteiger partial charge in [-0.25, -0.2) is 13.4 Å². The van der Waals surface area contributed by atoms with Gasteiger partial charge in [-0.3, -0.25) is 4.79 Å². The van der Waals surface area contributed by atoms with Crippen molar-refractivity contribution in [1.82, 2.24) is 18.9 Å². The number of carbonyl (C=O) groups is 1. The highest BCUT2D eigenvalue weighted by atomic mass is 32.2. The molecular formula is C22H25N5O3S. The highest BCUT2D eigenvalue weighted by Gasteiger charge is 2.32. The fraction of sp³-hybridized carbons (Fsp3) is 0.409. The summed E-state index contributed by atoms with van der Waals surface area (Å²) in [6.45, 7) is 0.677. The topological polar surface area (TPSA) is 96.7 Å². The number of fused-ring (bicyclic) bond motifs is 2. The zero-order chi connectivity index (χ0) is 21.4. The number of anilines is 1. The Labute approximate surface area is 181 Å². The molecule has 1 N–H and O–H groups in total. The van der Waals surface area contributed by atoms with Crippen LogP contribution in [0, 0.1) is 5.92 Å². The third kappa shape index (κ3) is 3.83. The van der Waals surface area contributed by atoms with E-state index in [0.29, 0.717) is 42.3 Å². The Morgan fingerprint density at radius 1 is 1.00 bits per heavy atom. The van der Waals surface area contributed by atoms with E-state index >= 15 is 0 Å². The minimum absolute atomic E-state index is 0.117. The smallest absolute Gasteiger partial charge is 0.243 e. The second-order valence-electron chi connectivity index (χ2n) is 8.24. The molecule has 1 aliphatic carbocycles. The van der Waals surface area contributed by atoms with Gasteiger partial charge in [-0.2, -0.15) is 13.9 Å². The number of rotatable bonds is 4. The van der Waals surface area contributed by atoms with Crippen LogP contribution in [0.15, 0.2) is 47.6 Å². The Kier molecular flexibility index (Phi) is 5.23. The van der Waals surface area contributed by atoms with Crippen molar-refractivity contribution in [2.24, 2.45) is 5.92 Å². The van der Waals surface area contributed by atoms with Gasteiger partial charge in [-0.05, 0) is 67.9 Å². The van der Waals surface area contributed by atoms with Crippen LogP contribution >= 0.6 is 0 Å². The molecule has 1 aliphatic heterocycles. The second-order valence-corrected chi connectivity index (χ2v) is 10.2. The van der Waals surface area contributed by atoms with Crippen molar-refractivity contribution < 1.29 is 13.2 Å². The molecule has 3 aromatic rings. The molecule has 2 aromatic heterocycles. The molecule has 1 saturated heterocycles. The van der Waals surface area contributed by atoms with Gasteiger partial charge in [0.25, 0.3) is 0 Å². The van der Waals surface area contributed by atoms with E-state index in [4.69, 9.17) is 0 Å². The fourth-order valence-corrected chi connectivity index (χ4v) is 6.06. The number of nitrogens with zero attached hydrogens (tertiary/aromatic N) is 4. The molecule has 0 unspecified atom stereocenters. The first-order chi connectivity index (χ1) is 15.0. The minimum atomic E-state index is -3.55. The minimum Gasteiger partial charge on any atom is -0.310 e. The molecule has 8 nitrogen and oxygen atoms in total. The number of aromatic nitrogens is 3. The third-order valence-corrected chi connectivity index (χ3v) is 8.22. The molecule has 0 saturated carbocycles. The van der Waals surface area contributed by atoms with Crippen LogP contribution in [-0.2, 0) is 27.7 Å². The summed E-state index contributed by atoms with van der Waals surface area (Å²) in [5.74, 6) is 0.201. The summed E-state index contributed by atoms with van der Waals surface area (Å²) < 4.78 is 29.4. The summed E-state index contributed by atoms with van der Waals surface area (Å²) >= 11 is 0. The lowest BCUT2D eigenvalue weighted by molar-refractivity contribution is -0.120. The van der Waals surface area contributed by atoms with Crippen molar-refractivity contribution in [2.45, 2.75) is 43.4 Å². The van der Waals surface area contributed by atoms with E-state index in [0.717, 1.165) is 24.8 Å². The first kappa shape index (κ1) is 20.1. The molecule has 0 radical (unpaired) electrons. The zero-order valence-electron chi connectivity index (χ0n) is 17.2. The summed E-state index contributed by atoms with van der Waals surface area (Å²) in [5, 5.41) is 7.09. The third-order valence-electron chi connectivity index (χ3n) is 6.32. The van der Waals surface area contributed by atoms with Gasteiger partial charge in [-0.15, -0.1) is 0 Å². The molecule has 162 valence electrons. The molecule has 3 heterocycles. The van der Waals surface area contributed by atoms with Crippen molar-refractivity contribution in [3.63, 3.8) is 0 Å². The molecule has 1 fully saturated rings. The number of hydrogen-bond donors (Lipinski definition) is 1. The normalized spacial score (nSPS) is 18.1. The average Bonchev–Trinajstić information content (AvgIpc) is 3.29. The van der Waals surface area contributed by atoms with Gasteiger partial charge in [0.15, 0.2) is 5.65 Å². The van der Waals surface area contributed by atoms with Gasteiger partial charge in [0.2, 0.25) is 15.9 Å². The number of carbonyl (C=O) groups excluding carboxylic acids is 1. The van der Waals surface area contributed by atoms with Crippen molar-refractivity contribution >= 4 is 27.4 Å². The number of piperidine rings is 1. The number of amides is 1. The Morgan fingerprint density at radius 2 is 1.77 bits per heavy atom. The highest BCUT2D eigenvalue weighted by molar-refractivity contribution is 7.89. The van der Waals surface area contributed by atoms with Crippen LogP contribution in [0.5, 0.6) is 0 Å². The van der Waals surface area contributed by atoms with Crippen molar-refractivity contribution in [2.75, 3.05) is 18.4 Å². The molecule has 5 rings (SSSR count). The van der Waals surface area contributed by atoms with E-state index in [2.05, 4.69) is 15.4 Å². The number of sulfonamides is 1. The molecule has 9 heteroatoms. The van der Waals surface area contributed by atoms with E-state index < -0.39 is 10.0 Å². The van der Waals surface area contributed by atoms with Crippen LogP contribution in [0.2, 0.25) is 0 Å². The molecule has 0 atom stereocenters.